The van der Waals surface area contributed by atoms with Gasteiger partial charge in [0.15, 0.2) is 5.96 Å². The zero-order valence-corrected chi connectivity index (χ0v) is 20.6. The van der Waals surface area contributed by atoms with Crippen LogP contribution in [-0.4, -0.2) is 43.5 Å². The average Bonchev–Trinajstić information content (AvgIpc) is 3.16. The number of benzene rings is 1. The molecule has 8 nitrogen and oxygen atoms in total. The topological polar surface area (TPSA) is 101 Å². The summed E-state index contributed by atoms with van der Waals surface area (Å²) >= 11 is 0. The highest BCUT2D eigenvalue weighted by molar-refractivity contribution is 14.0. The van der Waals surface area contributed by atoms with E-state index in [4.69, 9.17) is 14.0 Å². The average molecular weight is 532 g/mol. The number of ether oxygens (including phenoxy) is 2. The van der Waals surface area contributed by atoms with Crippen molar-refractivity contribution in [2.75, 3.05) is 27.3 Å². The first-order valence-corrected chi connectivity index (χ1v) is 9.96. The standard InChI is InChI=1S/C21H32N4O4.HI/c1-6-17-16(19(7-2)29-25-17)12-23-21(22-8-3)24-13-18(26)15-11-14(27-4)9-10-20(15)28-5;/h9-11,18,26H,6-8,12-13H2,1-5H3,(H2,22,23,24);1H. The Morgan fingerprint density at radius 2 is 1.93 bits per heavy atom. The SMILES string of the molecule is CCNC(=NCc1c(CC)noc1CC)NCC(O)c1cc(OC)ccc1OC.I. The third-order valence-electron chi connectivity index (χ3n) is 4.61. The number of aliphatic hydroxyl groups is 1. The molecule has 0 aliphatic carbocycles. The van der Waals surface area contributed by atoms with E-state index in [1.807, 2.05) is 20.8 Å². The third-order valence-corrected chi connectivity index (χ3v) is 4.61. The zero-order valence-electron chi connectivity index (χ0n) is 18.3. The first-order valence-electron chi connectivity index (χ1n) is 9.96. The van der Waals surface area contributed by atoms with E-state index in [9.17, 15) is 5.11 Å². The lowest BCUT2D eigenvalue weighted by atomic mass is 10.1. The summed E-state index contributed by atoms with van der Waals surface area (Å²) in [6, 6.07) is 5.35. The summed E-state index contributed by atoms with van der Waals surface area (Å²) in [6.45, 7) is 7.51. The predicted octanol–water partition coefficient (Wildman–Crippen LogP) is 3.22. The van der Waals surface area contributed by atoms with Gasteiger partial charge in [-0.15, -0.1) is 24.0 Å². The van der Waals surface area contributed by atoms with E-state index in [1.54, 1.807) is 32.4 Å². The van der Waals surface area contributed by atoms with Gasteiger partial charge in [0, 0.05) is 30.6 Å². The van der Waals surface area contributed by atoms with Gasteiger partial charge in [-0.05, 0) is 31.5 Å². The number of nitrogens with zero attached hydrogens (tertiary/aromatic N) is 2. The van der Waals surface area contributed by atoms with Crippen LogP contribution in [0.15, 0.2) is 27.7 Å². The van der Waals surface area contributed by atoms with Gasteiger partial charge in [-0.3, -0.25) is 0 Å². The van der Waals surface area contributed by atoms with Gasteiger partial charge in [-0.2, -0.15) is 0 Å². The van der Waals surface area contributed by atoms with Crippen LogP contribution in [0.2, 0.25) is 0 Å². The van der Waals surface area contributed by atoms with E-state index >= 15 is 0 Å². The molecule has 2 aromatic rings. The van der Waals surface area contributed by atoms with Gasteiger partial charge in [0.05, 0.1) is 32.6 Å². The van der Waals surface area contributed by atoms with Crippen molar-refractivity contribution in [2.45, 2.75) is 46.3 Å². The van der Waals surface area contributed by atoms with Crippen LogP contribution >= 0.6 is 24.0 Å². The third kappa shape index (κ3) is 6.76. The van der Waals surface area contributed by atoms with Crippen LogP contribution < -0.4 is 20.1 Å². The van der Waals surface area contributed by atoms with Crippen molar-refractivity contribution < 1.29 is 19.1 Å². The number of halogens is 1. The summed E-state index contributed by atoms with van der Waals surface area (Å²) in [6.07, 6.45) is 0.778. The molecule has 1 unspecified atom stereocenters. The van der Waals surface area contributed by atoms with E-state index in [0.29, 0.717) is 36.1 Å². The summed E-state index contributed by atoms with van der Waals surface area (Å²) in [4.78, 5) is 4.64. The molecule has 0 spiro atoms. The van der Waals surface area contributed by atoms with Crippen LogP contribution in [0.4, 0.5) is 0 Å². The lowest BCUT2D eigenvalue weighted by Gasteiger charge is -2.18. The van der Waals surface area contributed by atoms with Gasteiger partial charge in [-0.1, -0.05) is 19.0 Å². The summed E-state index contributed by atoms with van der Waals surface area (Å²) in [5, 5.41) is 21.2. The normalized spacial score (nSPS) is 12.1. The van der Waals surface area contributed by atoms with Crippen LogP contribution in [0, 0.1) is 0 Å². The number of aromatic nitrogens is 1. The quantitative estimate of drug-likeness (QED) is 0.246. The number of aliphatic hydroxyl groups excluding tert-OH is 1. The Morgan fingerprint density at radius 1 is 1.17 bits per heavy atom. The maximum Gasteiger partial charge on any atom is 0.191 e. The molecule has 168 valence electrons. The van der Waals surface area contributed by atoms with Gasteiger partial charge in [-0.25, -0.2) is 4.99 Å². The molecule has 1 aromatic carbocycles. The Labute approximate surface area is 195 Å². The molecular weight excluding hydrogens is 499 g/mol. The Morgan fingerprint density at radius 3 is 2.53 bits per heavy atom. The van der Waals surface area contributed by atoms with Gasteiger partial charge in [0.25, 0.3) is 0 Å². The summed E-state index contributed by atoms with van der Waals surface area (Å²) in [5.74, 6) is 2.74. The minimum absolute atomic E-state index is 0. The maximum atomic E-state index is 10.7. The fourth-order valence-electron chi connectivity index (χ4n) is 3.02. The first-order chi connectivity index (χ1) is 14.1. The molecule has 0 saturated heterocycles. The first kappa shape index (κ1) is 26.0. The number of aliphatic imine (C=N–C) groups is 1. The van der Waals surface area contributed by atoms with Gasteiger partial charge in [0.1, 0.15) is 17.3 Å². The number of hydrogen-bond acceptors (Lipinski definition) is 6. The van der Waals surface area contributed by atoms with Crippen LogP contribution in [-0.2, 0) is 19.4 Å². The van der Waals surface area contributed by atoms with Crippen LogP contribution in [0.3, 0.4) is 0 Å². The Hall–Kier alpha value is -2.01. The largest absolute Gasteiger partial charge is 0.497 e. The molecule has 30 heavy (non-hydrogen) atoms. The second-order valence-electron chi connectivity index (χ2n) is 6.44. The van der Waals surface area contributed by atoms with E-state index in [1.165, 1.54) is 0 Å². The highest BCUT2D eigenvalue weighted by atomic mass is 127. The molecule has 1 atom stereocenters. The van der Waals surface area contributed by atoms with E-state index in [2.05, 4.69) is 20.8 Å². The maximum absolute atomic E-state index is 10.7. The second-order valence-corrected chi connectivity index (χ2v) is 6.44. The van der Waals surface area contributed by atoms with E-state index in [-0.39, 0.29) is 30.5 Å². The number of rotatable bonds is 10. The Balaban J connectivity index is 0.00000450. The molecule has 0 saturated carbocycles. The van der Waals surface area contributed by atoms with Crippen molar-refractivity contribution in [3.8, 4) is 11.5 Å². The van der Waals surface area contributed by atoms with Crippen LogP contribution in [0.1, 0.15) is 49.5 Å². The Bertz CT molecular complexity index is 789. The smallest absolute Gasteiger partial charge is 0.191 e. The number of nitrogens with one attached hydrogen (secondary N) is 2. The van der Waals surface area contributed by atoms with Crippen molar-refractivity contribution in [1.29, 1.82) is 0 Å². The van der Waals surface area contributed by atoms with E-state index < -0.39 is 6.10 Å². The lowest BCUT2D eigenvalue weighted by molar-refractivity contribution is 0.176. The monoisotopic (exact) mass is 532 g/mol. The summed E-state index contributed by atoms with van der Waals surface area (Å²) in [5.41, 5.74) is 2.61. The summed E-state index contributed by atoms with van der Waals surface area (Å²) in [7, 11) is 3.17. The van der Waals surface area contributed by atoms with Crippen molar-refractivity contribution in [3.05, 3.63) is 40.8 Å². The number of guanidine groups is 1. The highest BCUT2D eigenvalue weighted by Gasteiger charge is 2.16. The van der Waals surface area contributed by atoms with Crippen molar-refractivity contribution in [3.63, 3.8) is 0 Å². The van der Waals surface area contributed by atoms with Crippen molar-refractivity contribution in [1.82, 2.24) is 15.8 Å². The van der Waals surface area contributed by atoms with Crippen molar-refractivity contribution >= 4 is 29.9 Å². The molecule has 0 radical (unpaired) electrons. The predicted molar refractivity (Wildman–Crippen MR) is 128 cm³/mol. The van der Waals surface area contributed by atoms with Crippen LogP contribution in [0.25, 0.3) is 0 Å². The summed E-state index contributed by atoms with van der Waals surface area (Å²) < 4.78 is 16.0. The molecule has 0 bridgehead atoms. The molecular formula is C21H33IN4O4. The number of methoxy groups -OCH3 is 2. The fraction of sp³-hybridized carbons (Fsp3) is 0.524. The number of hydrogen-bond donors (Lipinski definition) is 3. The molecule has 0 fully saturated rings. The molecule has 9 heteroatoms. The second kappa shape index (κ2) is 13.3. The minimum atomic E-state index is -0.795. The highest BCUT2D eigenvalue weighted by Crippen LogP contribution is 2.29. The molecule has 0 aliphatic heterocycles. The van der Waals surface area contributed by atoms with Gasteiger partial charge < -0.3 is 29.7 Å². The Kier molecular flexibility index (Phi) is 11.6. The lowest BCUT2D eigenvalue weighted by Crippen LogP contribution is -2.39. The van der Waals surface area contributed by atoms with Gasteiger partial charge in [0.2, 0.25) is 0 Å². The molecule has 0 aliphatic rings. The molecule has 1 aromatic heterocycles. The molecule has 1 heterocycles. The zero-order chi connectivity index (χ0) is 21.2. The van der Waals surface area contributed by atoms with Crippen molar-refractivity contribution in [2.24, 2.45) is 4.99 Å². The number of aryl methyl sites for hydroxylation is 2. The molecule has 3 N–H and O–H groups in total. The van der Waals surface area contributed by atoms with Gasteiger partial charge >= 0.3 is 0 Å². The minimum Gasteiger partial charge on any atom is -0.497 e. The van der Waals surface area contributed by atoms with E-state index in [0.717, 1.165) is 29.9 Å². The fourth-order valence-corrected chi connectivity index (χ4v) is 3.02. The van der Waals surface area contributed by atoms with Crippen LogP contribution in [0.5, 0.6) is 11.5 Å². The molecule has 0 amide bonds. The molecule has 2 rings (SSSR count).